The molecule has 0 atom stereocenters. The predicted molar refractivity (Wildman–Crippen MR) is 127 cm³/mol. The van der Waals surface area contributed by atoms with Crippen LogP contribution in [0.15, 0.2) is 124 Å². The molecule has 0 radical (unpaired) electrons. The van der Waals surface area contributed by atoms with Crippen LogP contribution in [0.5, 0.6) is 5.75 Å². The second-order valence-corrected chi connectivity index (χ2v) is 9.60. The maximum Gasteiger partial charge on any atom is 0.343 e. The Hall–Kier alpha value is -3.30. The van der Waals surface area contributed by atoms with Crippen LogP contribution in [-0.2, 0) is 10.9 Å². The molecule has 0 saturated carbocycles. The number of hydrogen-bond acceptors (Lipinski definition) is 2. The highest BCUT2D eigenvalue weighted by molar-refractivity contribution is 7.97. The molecule has 0 fully saturated rings. The Balaban J connectivity index is 1.55. The van der Waals surface area contributed by atoms with E-state index >= 15 is 0 Å². The molecule has 0 spiro atoms. The topological polar surface area (TPSA) is 26.3 Å². The van der Waals surface area contributed by atoms with Crippen molar-refractivity contribution in [1.82, 2.24) is 0 Å². The van der Waals surface area contributed by atoms with Crippen molar-refractivity contribution in [1.29, 1.82) is 0 Å². The largest absolute Gasteiger partial charge is 0.423 e. The maximum atomic E-state index is 12.5. The van der Waals surface area contributed by atoms with E-state index in [4.69, 9.17) is 4.74 Å². The fourth-order valence-corrected chi connectivity index (χ4v) is 5.42. The van der Waals surface area contributed by atoms with E-state index in [0.29, 0.717) is 17.2 Å². The average Bonchev–Trinajstić information content (AvgIpc) is 2.82. The lowest BCUT2D eigenvalue weighted by atomic mass is 10.0. The van der Waals surface area contributed by atoms with Crippen LogP contribution < -0.4 is 4.74 Å². The van der Waals surface area contributed by atoms with Crippen molar-refractivity contribution in [3.8, 4) is 5.75 Å². The number of ether oxygens (including phenoxy) is 1. The molecule has 0 amide bonds. The van der Waals surface area contributed by atoms with Gasteiger partial charge in [0.05, 0.1) is 16.5 Å². The van der Waals surface area contributed by atoms with Crippen LogP contribution >= 0.6 is 0 Å². The molecule has 4 aromatic rings. The van der Waals surface area contributed by atoms with Crippen molar-refractivity contribution < 1.29 is 9.53 Å². The van der Waals surface area contributed by atoms with Crippen LogP contribution in [0.2, 0.25) is 0 Å². The third-order valence-corrected chi connectivity index (χ3v) is 7.27. The van der Waals surface area contributed by atoms with Crippen molar-refractivity contribution in [2.24, 2.45) is 0 Å². The maximum absolute atomic E-state index is 12.5. The first-order chi connectivity index (χ1) is 15.1. The summed E-state index contributed by atoms with van der Waals surface area (Å²) in [6, 6.07) is 36.4. The zero-order valence-corrected chi connectivity index (χ0v) is 18.5. The highest BCUT2D eigenvalue weighted by Crippen LogP contribution is 2.32. The van der Waals surface area contributed by atoms with Gasteiger partial charge in [-0.05, 0) is 72.1 Å². The summed E-state index contributed by atoms with van der Waals surface area (Å²) in [6.07, 6.45) is 0. The van der Waals surface area contributed by atoms with Crippen LogP contribution in [0.25, 0.3) is 0 Å². The van der Waals surface area contributed by atoms with Gasteiger partial charge in [-0.3, -0.25) is 0 Å². The van der Waals surface area contributed by atoms with Gasteiger partial charge in [0, 0.05) is 0 Å². The highest BCUT2D eigenvalue weighted by Gasteiger charge is 2.28. The van der Waals surface area contributed by atoms with Gasteiger partial charge in [0.25, 0.3) is 0 Å². The fraction of sp³-hybridized carbons (Fsp3) is 0.107. The van der Waals surface area contributed by atoms with E-state index < -0.39 is 0 Å². The predicted octanol–water partition coefficient (Wildman–Crippen LogP) is 7.12. The number of hydrogen-bond donors (Lipinski definition) is 0. The summed E-state index contributed by atoms with van der Waals surface area (Å²) >= 11 is 0. The molecule has 0 aliphatic rings. The van der Waals surface area contributed by atoms with Crippen LogP contribution in [0, 0.1) is 0 Å². The first-order valence-electron chi connectivity index (χ1n) is 10.4. The van der Waals surface area contributed by atoms with Gasteiger partial charge in [0.2, 0.25) is 0 Å². The standard InChI is InChI=1S/C28H25O2S/c1-21(2)22-13-15-23(16-14-22)28(29)30-24-17-19-27(20-18-24)31(25-9-5-3-6-10-25)26-11-7-4-8-12-26/h3-21H,1-2H3/q+1. The summed E-state index contributed by atoms with van der Waals surface area (Å²) in [5, 5.41) is 0. The molecule has 31 heavy (non-hydrogen) atoms. The molecule has 0 saturated heterocycles. The molecule has 154 valence electrons. The quantitative estimate of drug-likeness (QED) is 0.187. The number of benzene rings is 4. The Morgan fingerprint density at radius 1 is 0.645 bits per heavy atom. The molecule has 2 nitrogen and oxygen atoms in total. The fourth-order valence-electron chi connectivity index (χ4n) is 3.34. The third-order valence-electron chi connectivity index (χ3n) is 5.04. The lowest BCUT2D eigenvalue weighted by molar-refractivity contribution is 0.0734. The molecule has 0 unspecified atom stereocenters. The molecular formula is C28H25O2S+. The zero-order chi connectivity index (χ0) is 21.6. The molecule has 0 N–H and O–H groups in total. The van der Waals surface area contributed by atoms with E-state index in [1.807, 2.05) is 60.7 Å². The van der Waals surface area contributed by atoms with E-state index in [9.17, 15) is 4.79 Å². The zero-order valence-electron chi connectivity index (χ0n) is 17.7. The van der Waals surface area contributed by atoms with Crippen molar-refractivity contribution in [2.75, 3.05) is 0 Å². The van der Waals surface area contributed by atoms with E-state index in [-0.39, 0.29) is 16.9 Å². The third kappa shape index (κ3) is 5.07. The average molecular weight is 426 g/mol. The van der Waals surface area contributed by atoms with Gasteiger partial charge in [-0.2, -0.15) is 0 Å². The molecule has 3 heteroatoms. The Morgan fingerprint density at radius 3 is 1.61 bits per heavy atom. The second-order valence-electron chi connectivity index (χ2n) is 7.57. The lowest BCUT2D eigenvalue weighted by Gasteiger charge is -2.09. The van der Waals surface area contributed by atoms with Gasteiger partial charge in [0.15, 0.2) is 14.7 Å². The summed E-state index contributed by atoms with van der Waals surface area (Å²) in [5.41, 5.74) is 1.76. The van der Waals surface area contributed by atoms with E-state index in [2.05, 4.69) is 62.4 Å². The molecule has 0 aliphatic carbocycles. The minimum Gasteiger partial charge on any atom is -0.423 e. The molecule has 0 bridgehead atoms. The van der Waals surface area contributed by atoms with Crippen LogP contribution in [-0.4, -0.2) is 5.97 Å². The van der Waals surface area contributed by atoms with Crippen LogP contribution in [0.1, 0.15) is 35.7 Å². The van der Waals surface area contributed by atoms with Crippen LogP contribution in [0.3, 0.4) is 0 Å². The molecule has 0 aliphatic heterocycles. The Bertz CT molecular complexity index is 1080. The van der Waals surface area contributed by atoms with Gasteiger partial charge in [-0.1, -0.05) is 62.4 Å². The first-order valence-corrected chi connectivity index (χ1v) is 11.6. The molecule has 4 aromatic carbocycles. The number of rotatable bonds is 6. The molecule has 4 rings (SSSR count). The Kier molecular flexibility index (Phi) is 6.54. The highest BCUT2D eigenvalue weighted by atomic mass is 32.2. The van der Waals surface area contributed by atoms with Crippen LogP contribution in [0.4, 0.5) is 0 Å². The second kappa shape index (κ2) is 9.67. The Morgan fingerprint density at radius 2 is 1.13 bits per heavy atom. The van der Waals surface area contributed by atoms with E-state index in [1.54, 1.807) is 0 Å². The van der Waals surface area contributed by atoms with Gasteiger partial charge in [0.1, 0.15) is 5.75 Å². The SMILES string of the molecule is CC(C)c1ccc(C(=O)Oc2ccc([S+](c3ccccc3)c3ccccc3)cc2)cc1. The lowest BCUT2D eigenvalue weighted by Crippen LogP contribution is -2.09. The van der Waals surface area contributed by atoms with Gasteiger partial charge in [-0.25, -0.2) is 4.79 Å². The number of esters is 1. The molecule has 0 heterocycles. The monoisotopic (exact) mass is 425 g/mol. The summed E-state index contributed by atoms with van der Waals surface area (Å²) < 4.78 is 5.61. The Labute approximate surface area is 186 Å². The summed E-state index contributed by atoms with van der Waals surface area (Å²) in [6.45, 7) is 4.27. The first kappa shape index (κ1) is 21.0. The van der Waals surface area contributed by atoms with Crippen molar-refractivity contribution >= 4 is 16.9 Å². The van der Waals surface area contributed by atoms with Gasteiger partial charge in [-0.15, -0.1) is 0 Å². The molecular weight excluding hydrogens is 400 g/mol. The van der Waals surface area contributed by atoms with Crippen molar-refractivity contribution in [3.63, 3.8) is 0 Å². The van der Waals surface area contributed by atoms with Crippen molar-refractivity contribution in [3.05, 3.63) is 120 Å². The van der Waals surface area contributed by atoms with Gasteiger partial charge < -0.3 is 4.74 Å². The van der Waals surface area contributed by atoms with E-state index in [1.165, 1.54) is 20.2 Å². The number of carbonyl (C=O) groups excluding carboxylic acids is 1. The summed E-state index contributed by atoms with van der Waals surface area (Å²) in [4.78, 5) is 16.2. The minimum atomic E-state index is -0.340. The minimum absolute atomic E-state index is 0.219. The summed E-state index contributed by atoms with van der Waals surface area (Å²) in [7, 11) is -0.219. The van der Waals surface area contributed by atoms with Crippen molar-refractivity contribution in [2.45, 2.75) is 34.5 Å². The van der Waals surface area contributed by atoms with Gasteiger partial charge >= 0.3 is 5.97 Å². The smallest absolute Gasteiger partial charge is 0.343 e. The molecule has 0 aromatic heterocycles. The number of carbonyl (C=O) groups is 1. The normalized spacial score (nSPS) is 11.0. The van der Waals surface area contributed by atoms with E-state index in [0.717, 1.165) is 0 Å². The summed E-state index contributed by atoms with van der Waals surface area (Å²) in [5.74, 6) is 0.639.